The highest BCUT2D eigenvalue weighted by atomic mass is 32.2. The zero-order chi connectivity index (χ0) is 21.8. The average Bonchev–Trinajstić information content (AvgIpc) is 2.69. The molecule has 0 aliphatic rings. The molecular weight excluding hydrogens is 392 g/mol. The summed E-state index contributed by atoms with van der Waals surface area (Å²) in [6, 6.07) is 9.18. The molecule has 1 N–H and O–H groups in total. The van der Waals surface area contributed by atoms with Crippen molar-refractivity contribution in [3.63, 3.8) is 0 Å². The quantitative estimate of drug-likeness (QED) is 0.696. The predicted molar refractivity (Wildman–Crippen MR) is 108 cm³/mol. The van der Waals surface area contributed by atoms with E-state index in [1.807, 2.05) is 6.07 Å². The van der Waals surface area contributed by atoms with Gasteiger partial charge in [-0.15, -0.1) is 0 Å². The molecule has 0 radical (unpaired) electrons. The Labute approximate surface area is 171 Å². The maximum absolute atomic E-state index is 13.2. The Bertz CT molecular complexity index is 1070. The van der Waals surface area contributed by atoms with Crippen molar-refractivity contribution in [1.29, 1.82) is 5.26 Å². The van der Waals surface area contributed by atoms with Gasteiger partial charge in [0, 0.05) is 0 Å². The Morgan fingerprint density at radius 3 is 2.45 bits per heavy atom. The number of sulfonamides is 1. The van der Waals surface area contributed by atoms with Gasteiger partial charge in [0.2, 0.25) is 10.0 Å². The summed E-state index contributed by atoms with van der Waals surface area (Å²) in [6.07, 6.45) is 0.0503. The number of nitriles is 1. The minimum absolute atomic E-state index is 0.0503. The van der Waals surface area contributed by atoms with Gasteiger partial charge in [-0.2, -0.15) is 9.98 Å². The minimum atomic E-state index is -4.03. The Kier molecular flexibility index (Phi) is 7.01. The minimum Gasteiger partial charge on any atom is -0.496 e. The molecule has 29 heavy (non-hydrogen) atoms. The largest absolute Gasteiger partial charge is 0.496 e. The third-order valence-electron chi connectivity index (χ3n) is 4.75. The van der Waals surface area contributed by atoms with Gasteiger partial charge < -0.3 is 9.47 Å². The molecular formula is C21H24N2O5S. The lowest BCUT2D eigenvalue weighted by Gasteiger charge is -2.20. The molecule has 2 aromatic rings. The number of methoxy groups -OCH3 is 2. The second-order valence-electron chi connectivity index (χ2n) is 6.69. The van der Waals surface area contributed by atoms with Crippen LogP contribution in [0.5, 0.6) is 5.75 Å². The number of nitrogens with zero attached hydrogens (tertiary/aromatic N) is 1. The topological polar surface area (TPSA) is 105 Å². The van der Waals surface area contributed by atoms with Crippen molar-refractivity contribution in [2.45, 2.75) is 38.1 Å². The van der Waals surface area contributed by atoms with Crippen molar-refractivity contribution >= 4 is 16.0 Å². The van der Waals surface area contributed by atoms with Crippen molar-refractivity contribution in [2.24, 2.45) is 0 Å². The van der Waals surface area contributed by atoms with Crippen LogP contribution in [0.1, 0.15) is 27.8 Å². The molecule has 1 atom stereocenters. The number of hydrogen-bond acceptors (Lipinski definition) is 6. The number of carbonyl (C=O) groups is 1. The summed E-state index contributed by atoms with van der Waals surface area (Å²) in [5.41, 5.74) is 2.82. The van der Waals surface area contributed by atoms with Crippen LogP contribution in [0.4, 0.5) is 0 Å². The van der Waals surface area contributed by atoms with Crippen LogP contribution >= 0.6 is 0 Å². The van der Waals surface area contributed by atoms with Gasteiger partial charge in [0.1, 0.15) is 11.8 Å². The van der Waals surface area contributed by atoms with Crippen molar-refractivity contribution in [2.75, 3.05) is 14.2 Å². The molecule has 7 nitrogen and oxygen atoms in total. The smallest absolute Gasteiger partial charge is 0.324 e. The van der Waals surface area contributed by atoms with E-state index >= 15 is 0 Å². The average molecular weight is 416 g/mol. The molecule has 1 unspecified atom stereocenters. The first-order valence-corrected chi connectivity index (χ1v) is 10.4. The number of aryl methyl sites for hydroxylation is 1. The van der Waals surface area contributed by atoms with Gasteiger partial charge in [-0.1, -0.05) is 12.1 Å². The third-order valence-corrected chi connectivity index (χ3v) is 6.51. The molecule has 0 saturated carbocycles. The van der Waals surface area contributed by atoms with Crippen LogP contribution in [-0.2, 0) is 26.0 Å². The lowest BCUT2D eigenvalue weighted by Crippen LogP contribution is -2.43. The fourth-order valence-electron chi connectivity index (χ4n) is 3.21. The van der Waals surface area contributed by atoms with Crippen LogP contribution in [-0.4, -0.2) is 34.6 Å². The van der Waals surface area contributed by atoms with Gasteiger partial charge in [0.15, 0.2) is 0 Å². The van der Waals surface area contributed by atoms with E-state index in [-0.39, 0.29) is 11.3 Å². The summed E-state index contributed by atoms with van der Waals surface area (Å²) in [5.74, 6) is -0.117. The van der Waals surface area contributed by atoms with E-state index in [4.69, 9.17) is 14.7 Å². The number of hydrogen-bond donors (Lipinski definition) is 1. The highest BCUT2D eigenvalue weighted by molar-refractivity contribution is 7.89. The first kappa shape index (κ1) is 22.4. The van der Waals surface area contributed by atoms with Gasteiger partial charge >= 0.3 is 5.97 Å². The van der Waals surface area contributed by atoms with Crippen molar-refractivity contribution < 1.29 is 22.7 Å². The van der Waals surface area contributed by atoms with Crippen LogP contribution < -0.4 is 9.46 Å². The zero-order valence-electron chi connectivity index (χ0n) is 17.1. The van der Waals surface area contributed by atoms with Gasteiger partial charge in [-0.3, -0.25) is 4.79 Å². The van der Waals surface area contributed by atoms with E-state index in [0.717, 1.165) is 0 Å². The Hall–Kier alpha value is -2.89. The van der Waals surface area contributed by atoms with E-state index in [2.05, 4.69) is 4.72 Å². The summed E-state index contributed by atoms with van der Waals surface area (Å²) in [4.78, 5) is 12.4. The SMILES string of the molecule is COC(=O)C(Cc1cccc(C#N)c1)NS(=O)(=O)c1c(C)cc(OC)c(C)c1C. The summed E-state index contributed by atoms with van der Waals surface area (Å²) in [5, 5.41) is 9.05. The van der Waals surface area contributed by atoms with Crippen LogP contribution in [0.15, 0.2) is 35.2 Å². The van der Waals surface area contributed by atoms with Crippen LogP contribution in [0.2, 0.25) is 0 Å². The van der Waals surface area contributed by atoms with Crippen molar-refractivity contribution in [3.05, 3.63) is 58.1 Å². The highest BCUT2D eigenvalue weighted by Crippen LogP contribution is 2.30. The van der Waals surface area contributed by atoms with Crippen LogP contribution in [0, 0.1) is 32.1 Å². The van der Waals surface area contributed by atoms with E-state index < -0.39 is 22.0 Å². The molecule has 154 valence electrons. The Balaban J connectivity index is 2.44. The molecule has 2 rings (SSSR count). The molecule has 0 aromatic heterocycles. The van der Waals surface area contributed by atoms with Gasteiger partial charge in [0.25, 0.3) is 0 Å². The number of esters is 1. The summed E-state index contributed by atoms with van der Waals surface area (Å²) < 4.78 is 38.9. The molecule has 2 aromatic carbocycles. The first-order chi connectivity index (χ1) is 13.6. The van der Waals surface area contributed by atoms with Gasteiger partial charge in [-0.25, -0.2) is 8.42 Å². The molecule has 0 heterocycles. The predicted octanol–water partition coefficient (Wildman–Crippen LogP) is 2.55. The maximum atomic E-state index is 13.2. The zero-order valence-corrected chi connectivity index (χ0v) is 17.9. The molecule has 0 bridgehead atoms. The lowest BCUT2D eigenvalue weighted by molar-refractivity contribution is -0.142. The molecule has 0 amide bonds. The number of ether oxygens (including phenoxy) is 2. The molecule has 0 aliphatic heterocycles. The van der Waals surface area contributed by atoms with Gasteiger partial charge in [0.05, 0.1) is 30.7 Å². The second-order valence-corrected chi connectivity index (χ2v) is 8.34. The number of carbonyl (C=O) groups excluding carboxylic acids is 1. The van der Waals surface area contributed by atoms with E-state index in [1.165, 1.54) is 14.2 Å². The third kappa shape index (κ3) is 4.94. The van der Waals surface area contributed by atoms with Crippen LogP contribution in [0.25, 0.3) is 0 Å². The van der Waals surface area contributed by atoms with E-state index in [1.54, 1.807) is 51.1 Å². The monoisotopic (exact) mass is 416 g/mol. The maximum Gasteiger partial charge on any atom is 0.324 e. The van der Waals surface area contributed by atoms with E-state index in [9.17, 15) is 13.2 Å². The van der Waals surface area contributed by atoms with Gasteiger partial charge in [-0.05, 0) is 67.6 Å². The fraction of sp³-hybridized carbons (Fsp3) is 0.333. The molecule has 0 spiro atoms. The standard InChI is InChI=1S/C21H24N2O5S/c1-13-9-19(27-4)14(2)15(3)20(13)29(25,26)23-18(21(24)28-5)11-16-7-6-8-17(10-16)12-22/h6-10,18,23H,11H2,1-5H3. The number of nitrogens with one attached hydrogen (secondary N) is 1. The van der Waals surface area contributed by atoms with Crippen molar-refractivity contribution in [1.82, 2.24) is 4.72 Å². The first-order valence-electron chi connectivity index (χ1n) is 8.88. The highest BCUT2D eigenvalue weighted by Gasteiger charge is 2.30. The normalized spacial score (nSPS) is 12.1. The fourth-order valence-corrected chi connectivity index (χ4v) is 4.92. The molecule has 0 aliphatic carbocycles. The molecule has 8 heteroatoms. The molecule has 0 saturated heterocycles. The van der Waals surface area contributed by atoms with E-state index in [0.29, 0.717) is 33.6 Å². The number of benzene rings is 2. The summed E-state index contributed by atoms with van der Waals surface area (Å²) in [6.45, 7) is 5.15. The Morgan fingerprint density at radius 1 is 1.17 bits per heavy atom. The number of rotatable bonds is 7. The van der Waals surface area contributed by atoms with Crippen molar-refractivity contribution in [3.8, 4) is 11.8 Å². The summed E-state index contributed by atoms with van der Waals surface area (Å²) >= 11 is 0. The molecule has 0 fully saturated rings. The van der Waals surface area contributed by atoms with Crippen LogP contribution in [0.3, 0.4) is 0 Å². The summed E-state index contributed by atoms with van der Waals surface area (Å²) in [7, 11) is -1.31. The second kappa shape index (κ2) is 9.07. The lowest BCUT2D eigenvalue weighted by atomic mass is 10.0. The Morgan fingerprint density at radius 2 is 1.86 bits per heavy atom.